The maximum Gasteiger partial charge on any atom is 0.315 e. The van der Waals surface area contributed by atoms with E-state index < -0.39 is 0 Å². The van der Waals surface area contributed by atoms with Crippen LogP contribution in [0.25, 0.3) is 0 Å². The van der Waals surface area contributed by atoms with Crippen molar-refractivity contribution in [3.8, 4) is 0 Å². The van der Waals surface area contributed by atoms with Gasteiger partial charge in [0.2, 0.25) is 0 Å². The number of carbonyl (C=O) groups excluding carboxylic acids is 1. The summed E-state index contributed by atoms with van der Waals surface area (Å²) in [6, 6.07) is -0.103. The summed E-state index contributed by atoms with van der Waals surface area (Å²) in [5, 5.41) is 5.80. The SMILES string of the molecule is CN1CCCC(CNC(=O)NCc2sncc2Br)C1. The van der Waals surface area contributed by atoms with E-state index in [2.05, 4.69) is 42.9 Å². The second kappa shape index (κ2) is 7.21. The van der Waals surface area contributed by atoms with Crippen LogP contribution >= 0.6 is 27.5 Å². The van der Waals surface area contributed by atoms with Gasteiger partial charge in [0.1, 0.15) is 0 Å². The van der Waals surface area contributed by atoms with Crippen molar-refractivity contribution < 1.29 is 4.79 Å². The molecular formula is C12H19BrN4OS. The molecule has 0 radical (unpaired) electrons. The average Bonchev–Trinajstić information content (AvgIpc) is 2.80. The third kappa shape index (κ3) is 4.74. The van der Waals surface area contributed by atoms with Crippen LogP contribution in [0.3, 0.4) is 0 Å². The Morgan fingerprint density at radius 3 is 3.16 bits per heavy atom. The van der Waals surface area contributed by atoms with Gasteiger partial charge in [-0.05, 0) is 59.8 Å². The van der Waals surface area contributed by atoms with Gasteiger partial charge in [-0.2, -0.15) is 4.37 Å². The molecule has 0 spiro atoms. The molecule has 106 valence electrons. The molecule has 0 saturated carbocycles. The van der Waals surface area contributed by atoms with E-state index in [-0.39, 0.29) is 6.03 Å². The molecular weight excluding hydrogens is 328 g/mol. The Bertz CT molecular complexity index is 426. The van der Waals surface area contributed by atoms with Crippen LogP contribution in [0.5, 0.6) is 0 Å². The van der Waals surface area contributed by atoms with E-state index in [0.717, 1.165) is 22.4 Å². The summed E-state index contributed by atoms with van der Waals surface area (Å²) in [7, 11) is 2.13. The fraction of sp³-hybridized carbons (Fsp3) is 0.667. The molecule has 0 bridgehead atoms. The highest BCUT2D eigenvalue weighted by Crippen LogP contribution is 2.19. The number of aromatic nitrogens is 1. The van der Waals surface area contributed by atoms with Crippen LogP contribution in [-0.4, -0.2) is 42.0 Å². The molecule has 19 heavy (non-hydrogen) atoms. The van der Waals surface area contributed by atoms with Gasteiger partial charge in [0.05, 0.1) is 22.1 Å². The van der Waals surface area contributed by atoms with Crippen LogP contribution in [0, 0.1) is 5.92 Å². The van der Waals surface area contributed by atoms with Crippen LogP contribution in [0.2, 0.25) is 0 Å². The number of hydrogen-bond donors (Lipinski definition) is 2. The Morgan fingerprint density at radius 1 is 1.63 bits per heavy atom. The Balaban J connectivity index is 1.66. The maximum absolute atomic E-state index is 11.7. The van der Waals surface area contributed by atoms with E-state index in [1.54, 1.807) is 6.20 Å². The molecule has 2 heterocycles. The first-order valence-corrected chi connectivity index (χ1v) is 8.01. The summed E-state index contributed by atoms with van der Waals surface area (Å²) in [4.78, 5) is 15.1. The zero-order valence-electron chi connectivity index (χ0n) is 11.0. The monoisotopic (exact) mass is 346 g/mol. The largest absolute Gasteiger partial charge is 0.338 e. The summed E-state index contributed by atoms with van der Waals surface area (Å²) >= 11 is 4.79. The van der Waals surface area contributed by atoms with Crippen molar-refractivity contribution in [3.63, 3.8) is 0 Å². The van der Waals surface area contributed by atoms with Crippen LogP contribution in [-0.2, 0) is 6.54 Å². The van der Waals surface area contributed by atoms with Crippen molar-refractivity contribution in [1.29, 1.82) is 0 Å². The third-order valence-electron chi connectivity index (χ3n) is 3.28. The van der Waals surface area contributed by atoms with Gasteiger partial charge in [0.25, 0.3) is 0 Å². The fourth-order valence-corrected chi connectivity index (χ4v) is 3.43. The van der Waals surface area contributed by atoms with E-state index in [4.69, 9.17) is 0 Å². The summed E-state index contributed by atoms with van der Waals surface area (Å²) in [5.41, 5.74) is 0. The first-order valence-electron chi connectivity index (χ1n) is 6.44. The highest BCUT2D eigenvalue weighted by atomic mass is 79.9. The van der Waals surface area contributed by atoms with Crippen molar-refractivity contribution in [2.24, 2.45) is 5.92 Å². The van der Waals surface area contributed by atoms with Gasteiger partial charge in [0, 0.05) is 13.1 Å². The lowest BCUT2D eigenvalue weighted by Gasteiger charge is -2.29. The molecule has 1 aliphatic heterocycles. The van der Waals surface area contributed by atoms with Gasteiger partial charge in [-0.15, -0.1) is 0 Å². The van der Waals surface area contributed by atoms with E-state index in [1.807, 2.05) is 0 Å². The number of nitrogens with one attached hydrogen (secondary N) is 2. The molecule has 2 N–H and O–H groups in total. The third-order valence-corrected chi connectivity index (χ3v) is 5.02. The number of hydrogen-bond acceptors (Lipinski definition) is 4. The van der Waals surface area contributed by atoms with Crippen molar-refractivity contribution in [2.45, 2.75) is 19.4 Å². The van der Waals surface area contributed by atoms with Crippen molar-refractivity contribution in [3.05, 3.63) is 15.5 Å². The van der Waals surface area contributed by atoms with Gasteiger partial charge in [-0.1, -0.05) is 0 Å². The van der Waals surface area contributed by atoms with Gasteiger partial charge in [0.15, 0.2) is 0 Å². The highest BCUT2D eigenvalue weighted by Gasteiger charge is 2.17. The van der Waals surface area contributed by atoms with Gasteiger partial charge in [-0.3, -0.25) is 0 Å². The lowest BCUT2D eigenvalue weighted by molar-refractivity contribution is 0.202. The molecule has 1 fully saturated rings. The first-order chi connectivity index (χ1) is 9.15. The normalized spacial score (nSPS) is 20.2. The lowest BCUT2D eigenvalue weighted by atomic mass is 9.99. The quantitative estimate of drug-likeness (QED) is 0.877. The Labute approximate surface area is 126 Å². The number of nitrogens with zero attached hydrogens (tertiary/aromatic N) is 2. The Morgan fingerprint density at radius 2 is 2.47 bits per heavy atom. The van der Waals surface area contributed by atoms with E-state index in [1.165, 1.54) is 30.9 Å². The van der Waals surface area contributed by atoms with Crippen LogP contribution in [0.15, 0.2) is 10.7 Å². The molecule has 1 aromatic heterocycles. The van der Waals surface area contributed by atoms with Crippen molar-refractivity contribution in [2.75, 3.05) is 26.7 Å². The summed E-state index contributed by atoms with van der Waals surface area (Å²) in [6.45, 7) is 3.50. The van der Waals surface area contributed by atoms with Gasteiger partial charge in [-0.25, -0.2) is 4.79 Å². The van der Waals surface area contributed by atoms with Crippen LogP contribution in [0.1, 0.15) is 17.7 Å². The Hall–Kier alpha value is -0.660. The molecule has 1 atom stereocenters. The standard InChI is InChI=1S/C12H19BrN4OS/c1-17-4-2-3-9(8-17)5-14-12(18)15-7-11-10(13)6-16-19-11/h6,9H,2-5,7-8H2,1H3,(H2,14,15,18). The molecule has 1 saturated heterocycles. The highest BCUT2D eigenvalue weighted by molar-refractivity contribution is 9.10. The smallest absolute Gasteiger partial charge is 0.315 e. The van der Waals surface area contributed by atoms with E-state index in [0.29, 0.717) is 12.5 Å². The number of rotatable bonds is 4. The number of amides is 2. The molecule has 2 rings (SSSR count). The second-order valence-corrected chi connectivity index (χ2v) is 6.67. The molecule has 0 aliphatic carbocycles. The number of piperidine rings is 1. The molecule has 2 amide bonds. The molecule has 0 aromatic carbocycles. The fourth-order valence-electron chi connectivity index (χ4n) is 2.27. The zero-order chi connectivity index (χ0) is 13.7. The molecule has 1 unspecified atom stereocenters. The lowest BCUT2D eigenvalue weighted by Crippen LogP contribution is -2.42. The summed E-state index contributed by atoms with van der Waals surface area (Å²) < 4.78 is 5.00. The van der Waals surface area contributed by atoms with Gasteiger partial charge >= 0.3 is 6.03 Å². The topological polar surface area (TPSA) is 57.3 Å². The maximum atomic E-state index is 11.7. The van der Waals surface area contributed by atoms with Crippen molar-refractivity contribution >= 4 is 33.5 Å². The number of halogens is 1. The molecule has 5 nitrogen and oxygen atoms in total. The predicted octanol–water partition coefficient (Wildman–Crippen LogP) is 2.05. The minimum absolute atomic E-state index is 0.103. The predicted molar refractivity (Wildman–Crippen MR) is 80.3 cm³/mol. The van der Waals surface area contributed by atoms with E-state index in [9.17, 15) is 4.79 Å². The van der Waals surface area contributed by atoms with E-state index >= 15 is 0 Å². The van der Waals surface area contributed by atoms with Crippen LogP contribution in [0.4, 0.5) is 4.79 Å². The van der Waals surface area contributed by atoms with Crippen molar-refractivity contribution in [1.82, 2.24) is 19.9 Å². The minimum atomic E-state index is -0.103. The number of urea groups is 1. The number of likely N-dealkylation sites (tertiary alicyclic amines) is 1. The summed E-state index contributed by atoms with van der Waals surface area (Å²) in [6.07, 6.45) is 4.17. The number of carbonyl (C=O) groups is 1. The molecule has 1 aromatic rings. The minimum Gasteiger partial charge on any atom is -0.338 e. The first kappa shape index (κ1) is 14.7. The molecule has 7 heteroatoms. The molecule has 1 aliphatic rings. The van der Waals surface area contributed by atoms with Crippen LogP contribution < -0.4 is 10.6 Å². The van der Waals surface area contributed by atoms with Gasteiger partial charge < -0.3 is 15.5 Å². The second-order valence-electron chi connectivity index (χ2n) is 4.93. The Kier molecular flexibility index (Phi) is 5.59. The summed E-state index contributed by atoms with van der Waals surface area (Å²) in [5.74, 6) is 0.569. The zero-order valence-corrected chi connectivity index (χ0v) is 13.4. The average molecular weight is 347 g/mol.